The van der Waals surface area contributed by atoms with Gasteiger partial charge in [0.2, 0.25) is 0 Å². The van der Waals surface area contributed by atoms with E-state index in [1.165, 1.54) is 5.56 Å². The van der Waals surface area contributed by atoms with Gasteiger partial charge in [-0.25, -0.2) is 0 Å². The summed E-state index contributed by atoms with van der Waals surface area (Å²) in [6.07, 6.45) is 2.74. The first-order chi connectivity index (χ1) is 4.70. The first kappa shape index (κ1) is 7.28. The molecule has 0 fully saturated rings. The number of hydrogen-bond acceptors (Lipinski definition) is 2. The molecule has 0 aliphatic rings. The van der Waals surface area contributed by atoms with Crippen molar-refractivity contribution in [1.82, 2.24) is 10.2 Å². The summed E-state index contributed by atoms with van der Waals surface area (Å²) in [7, 11) is 0. The molecule has 3 heteroatoms. The van der Waals surface area contributed by atoms with E-state index in [2.05, 4.69) is 10.2 Å². The minimum absolute atomic E-state index is 0.219. The van der Waals surface area contributed by atoms with E-state index in [4.69, 9.17) is 5.73 Å². The quantitative estimate of drug-likeness (QED) is 0.630. The Balaban J connectivity index is 2.65. The molecule has 1 rings (SSSR count). The van der Waals surface area contributed by atoms with Gasteiger partial charge in [0.05, 0.1) is 6.20 Å². The van der Waals surface area contributed by atoms with Crippen LogP contribution in [-0.2, 0) is 6.42 Å². The lowest BCUT2D eigenvalue weighted by Crippen LogP contribution is -2.17. The molecular formula is C7H13N3. The minimum Gasteiger partial charge on any atom is -0.328 e. The third kappa shape index (κ3) is 1.57. The van der Waals surface area contributed by atoms with E-state index in [9.17, 15) is 0 Å². The summed E-state index contributed by atoms with van der Waals surface area (Å²) >= 11 is 0. The van der Waals surface area contributed by atoms with Crippen molar-refractivity contribution >= 4 is 0 Å². The van der Waals surface area contributed by atoms with Gasteiger partial charge in [-0.3, -0.25) is 5.10 Å². The topological polar surface area (TPSA) is 54.7 Å². The Morgan fingerprint density at radius 1 is 1.80 bits per heavy atom. The maximum atomic E-state index is 5.61. The van der Waals surface area contributed by atoms with Gasteiger partial charge in [0.15, 0.2) is 0 Å². The van der Waals surface area contributed by atoms with Gasteiger partial charge in [0.1, 0.15) is 0 Å². The Labute approximate surface area is 60.6 Å². The van der Waals surface area contributed by atoms with Crippen LogP contribution < -0.4 is 5.73 Å². The molecule has 1 aromatic rings. The van der Waals surface area contributed by atoms with Gasteiger partial charge >= 0.3 is 0 Å². The Morgan fingerprint density at radius 2 is 2.50 bits per heavy atom. The van der Waals surface area contributed by atoms with Crippen molar-refractivity contribution in [3.8, 4) is 0 Å². The first-order valence-electron chi connectivity index (χ1n) is 3.44. The SMILES string of the molecule is Cc1[nH]ncc1CC(C)N. The maximum absolute atomic E-state index is 5.61. The average Bonchev–Trinajstić information content (AvgIpc) is 2.15. The second kappa shape index (κ2) is 2.84. The third-order valence-corrected chi connectivity index (χ3v) is 1.48. The Kier molecular flexibility index (Phi) is 2.06. The molecule has 0 bridgehead atoms. The summed E-state index contributed by atoms with van der Waals surface area (Å²) in [5.41, 5.74) is 7.95. The van der Waals surface area contributed by atoms with Crippen molar-refractivity contribution in [2.75, 3.05) is 0 Å². The number of nitrogens with two attached hydrogens (primary N) is 1. The normalized spacial score (nSPS) is 13.5. The van der Waals surface area contributed by atoms with Crippen LogP contribution in [0.2, 0.25) is 0 Å². The predicted molar refractivity (Wildman–Crippen MR) is 40.7 cm³/mol. The fourth-order valence-corrected chi connectivity index (χ4v) is 0.928. The highest BCUT2D eigenvalue weighted by Gasteiger charge is 2.01. The summed E-state index contributed by atoms with van der Waals surface area (Å²) in [6, 6.07) is 0.219. The number of aromatic amines is 1. The van der Waals surface area contributed by atoms with Crippen molar-refractivity contribution in [3.63, 3.8) is 0 Å². The zero-order valence-electron chi connectivity index (χ0n) is 6.39. The van der Waals surface area contributed by atoms with E-state index >= 15 is 0 Å². The van der Waals surface area contributed by atoms with Crippen LogP contribution in [0.3, 0.4) is 0 Å². The van der Waals surface area contributed by atoms with Gasteiger partial charge < -0.3 is 5.73 Å². The van der Waals surface area contributed by atoms with Crippen LogP contribution in [0.4, 0.5) is 0 Å². The number of nitrogens with one attached hydrogen (secondary N) is 1. The monoisotopic (exact) mass is 139 g/mol. The van der Waals surface area contributed by atoms with Gasteiger partial charge in [-0.05, 0) is 25.8 Å². The molecule has 0 aliphatic carbocycles. The average molecular weight is 139 g/mol. The van der Waals surface area contributed by atoms with Crippen LogP contribution in [0.1, 0.15) is 18.2 Å². The van der Waals surface area contributed by atoms with Gasteiger partial charge in [-0.15, -0.1) is 0 Å². The van der Waals surface area contributed by atoms with Crippen molar-refractivity contribution in [2.45, 2.75) is 26.3 Å². The molecule has 1 heterocycles. The fraction of sp³-hybridized carbons (Fsp3) is 0.571. The number of aryl methyl sites for hydroxylation is 1. The summed E-state index contributed by atoms with van der Waals surface area (Å²) in [5, 5.41) is 6.76. The Morgan fingerprint density at radius 3 is 2.90 bits per heavy atom. The predicted octanol–water partition coefficient (Wildman–Crippen LogP) is 0.608. The highest BCUT2D eigenvalue weighted by Crippen LogP contribution is 2.04. The summed E-state index contributed by atoms with van der Waals surface area (Å²) in [4.78, 5) is 0. The molecule has 0 saturated carbocycles. The molecule has 56 valence electrons. The maximum Gasteiger partial charge on any atom is 0.0522 e. The van der Waals surface area contributed by atoms with E-state index in [0.717, 1.165) is 12.1 Å². The zero-order chi connectivity index (χ0) is 7.56. The van der Waals surface area contributed by atoms with E-state index in [1.54, 1.807) is 0 Å². The van der Waals surface area contributed by atoms with Gasteiger partial charge in [-0.2, -0.15) is 5.10 Å². The molecule has 3 N–H and O–H groups in total. The molecule has 0 spiro atoms. The molecule has 0 aromatic carbocycles. The summed E-state index contributed by atoms with van der Waals surface area (Å²) < 4.78 is 0. The smallest absolute Gasteiger partial charge is 0.0522 e. The van der Waals surface area contributed by atoms with Crippen LogP contribution in [0, 0.1) is 6.92 Å². The molecular weight excluding hydrogens is 126 g/mol. The number of H-pyrrole nitrogens is 1. The van der Waals surface area contributed by atoms with Crippen molar-refractivity contribution in [2.24, 2.45) is 5.73 Å². The number of nitrogens with zero attached hydrogens (tertiary/aromatic N) is 1. The zero-order valence-corrected chi connectivity index (χ0v) is 6.39. The van der Waals surface area contributed by atoms with Crippen LogP contribution in [0.5, 0.6) is 0 Å². The van der Waals surface area contributed by atoms with Crippen molar-refractivity contribution in [3.05, 3.63) is 17.5 Å². The standard InChI is InChI=1S/C7H13N3/c1-5(8)3-7-4-9-10-6(7)2/h4-5H,3,8H2,1-2H3,(H,9,10). The van der Waals surface area contributed by atoms with E-state index in [1.807, 2.05) is 20.0 Å². The van der Waals surface area contributed by atoms with Gasteiger partial charge in [0, 0.05) is 11.7 Å². The lowest BCUT2D eigenvalue weighted by Gasteiger charge is -2.01. The van der Waals surface area contributed by atoms with Crippen LogP contribution >= 0.6 is 0 Å². The Bertz CT molecular complexity index is 202. The highest BCUT2D eigenvalue weighted by atomic mass is 15.1. The fourth-order valence-electron chi connectivity index (χ4n) is 0.928. The molecule has 1 unspecified atom stereocenters. The summed E-state index contributed by atoms with van der Waals surface area (Å²) in [5.74, 6) is 0. The van der Waals surface area contributed by atoms with Gasteiger partial charge in [0.25, 0.3) is 0 Å². The molecule has 3 nitrogen and oxygen atoms in total. The van der Waals surface area contributed by atoms with Gasteiger partial charge in [-0.1, -0.05) is 0 Å². The third-order valence-electron chi connectivity index (χ3n) is 1.48. The molecule has 0 amide bonds. The molecule has 1 atom stereocenters. The van der Waals surface area contributed by atoms with E-state index < -0.39 is 0 Å². The number of hydrogen-bond donors (Lipinski definition) is 2. The second-order valence-corrected chi connectivity index (χ2v) is 2.70. The summed E-state index contributed by atoms with van der Waals surface area (Å²) in [6.45, 7) is 4.00. The van der Waals surface area contributed by atoms with E-state index in [0.29, 0.717) is 0 Å². The lowest BCUT2D eigenvalue weighted by molar-refractivity contribution is 0.735. The minimum atomic E-state index is 0.219. The molecule has 1 aromatic heterocycles. The Hall–Kier alpha value is -0.830. The molecule has 10 heavy (non-hydrogen) atoms. The molecule has 0 saturated heterocycles. The molecule has 0 aliphatic heterocycles. The van der Waals surface area contributed by atoms with Crippen LogP contribution in [0.15, 0.2) is 6.20 Å². The lowest BCUT2D eigenvalue weighted by atomic mass is 10.1. The van der Waals surface area contributed by atoms with E-state index in [-0.39, 0.29) is 6.04 Å². The van der Waals surface area contributed by atoms with Crippen LogP contribution in [-0.4, -0.2) is 16.2 Å². The highest BCUT2D eigenvalue weighted by molar-refractivity contribution is 5.15. The first-order valence-corrected chi connectivity index (χ1v) is 3.44. The van der Waals surface area contributed by atoms with Crippen molar-refractivity contribution in [1.29, 1.82) is 0 Å². The van der Waals surface area contributed by atoms with Crippen molar-refractivity contribution < 1.29 is 0 Å². The molecule has 0 radical (unpaired) electrons. The largest absolute Gasteiger partial charge is 0.328 e. The number of rotatable bonds is 2. The number of aromatic nitrogens is 2. The second-order valence-electron chi connectivity index (χ2n) is 2.70. The van der Waals surface area contributed by atoms with Crippen LogP contribution in [0.25, 0.3) is 0 Å².